The average molecular weight is 539 g/mol. The molecule has 1 nitrogen and oxygen atoms in total. The van der Waals surface area contributed by atoms with Gasteiger partial charge in [0, 0.05) is 10.3 Å². The van der Waals surface area contributed by atoms with Gasteiger partial charge >= 0.3 is 6.19 Å². The molecule has 0 amide bonds. The van der Waals surface area contributed by atoms with Gasteiger partial charge in [0.15, 0.2) is 0 Å². The van der Waals surface area contributed by atoms with Crippen molar-refractivity contribution in [3.05, 3.63) is 64.2 Å². The highest BCUT2D eigenvalue weighted by atomic mass is 32.2. The molecule has 38 heavy (non-hydrogen) atoms. The quantitative estimate of drug-likeness (QED) is 0.271. The lowest BCUT2D eigenvalue weighted by molar-refractivity contribution is 0.338. The van der Waals surface area contributed by atoms with Crippen molar-refractivity contribution in [3.63, 3.8) is 0 Å². The zero-order valence-corrected chi connectivity index (χ0v) is 28.0. The highest BCUT2D eigenvalue weighted by Gasteiger charge is 2.37. The molecular weight excluding hydrogens is 479 g/mol. The van der Waals surface area contributed by atoms with Crippen molar-refractivity contribution in [1.82, 2.24) is 0 Å². The summed E-state index contributed by atoms with van der Waals surface area (Å²) in [4.78, 5) is 1.18. The molecule has 3 heteroatoms. The molecule has 0 fully saturated rings. The zero-order valence-electron chi connectivity index (χ0n) is 27.2. The number of hydrogen-bond donors (Lipinski definition) is 1. The van der Waals surface area contributed by atoms with Crippen LogP contribution in [0.5, 0.6) is 0 Å². The smallest absolute Gasteiger partial charge is 0.369 e. The summed E-state index contributed by atoms with van der Waals surface area (Å²) in [5.74, 6) is 0.418. The molecule has 1 N–H and O–H groups in total. The van der Waals surface area contributed by atoms with E-state index >= 15 is 0 Å². The molecule has 0 aliphatic carbocycles. The molecule has 2 aromatic rings. The molecule has 0 unspecified atom stereocenters. The van der Waals surface area contributed by atoms with Crippen LogP contribution in [0.2, 0.25) is 5.31 Å². The number of benzene rings is 2. The van der Waals surface area contributed by atoms with Crippen LogP contribution in [-0.4, -0.2) is 11.2 Å². The van der Waals surface area contributed by atoms with E-state index in [-0.39, 0.29) is 10.7 Å². The van der Waals surface area contributed by atoms with Gasteiger partial charge < -0.3 is 5.02 Å². The van der Waals surface area contributed by atoms with E-state index in [1.807, 2.05) is 0 Å². The van der Waals surface area contributed by atoms with Crippen LogP contribution in [0.3, 0.4) is 0 Å². The molecule has 0 aliphatic rings. The lowest BCUT2D eigenvalue weighted by atomic mass is 9.59. The molecule has 214 valence electrons. The van der Waals surface area contributed by atoms with Gasteiger partial charge in [-0.25, -0.2) is 0 Å². The van der Waals surface area contributed by atoms with Gasteiger partial charge in [-0.2, -0.15) is 0 Å². The monoisotopic (exact) mass is 538 g/mol. The lowest BCUT2D eigenvalue weighted by Gasteiger charge is -2.35. The fourth-order valence-corrected chi connectivity index (χ4v) is 5.87. The van der Waals surface area contributed by atoms with Crippen molar-refractivity contribution in [3.8, 4) is 0 Å². The molecule has 0 spiro atoms. The molecule has 0 saturated carbocycles. The van der Waals surface area contributed by atoms with Gasteiger partial charge in [-0.15, -0.1) is 11.6 Å². The third kappa shape index (κ3) is 8.66. The van der Waals surface area contributed by atoms with Gasteiger partial charge in [0.05, 0.1) is 0 Å². The fourth-order valence-electron chi connectivity index (χ4n) is 4.66. The van der Waals surface area contributed by atoms with E-state index in [0.29, 0.717) is 11.3 Å². The zero-order chi connectivity index (χ0) is 29.3. The Balaban J connectivity index is 0.000000905. The van der Waals surface area contributed by atoms with Gasteiger partial charge in [-0.05, 0) is 83.6 Å². The van der Waals surface area contributed by atoms with Crippen molar-refractivity contribution in [2.75, 3.05) is 0 Å². The second-order valence-electron chi connectivity index (χ2n) is 13.0. The minimum Gasteiger partial charge on any atom is -0.441 e. The first-order valence-corrected chi connectivity index (χ1v) is 16.1. The van der Waals surface area contributed by atoms with Gasteiger partial charge in [-0.1, -0.05) is 126 Å². The van der Waals surface area contributed by atoms with Gasteiger partial charge in [0.2, 0.25) is 0 Å². The molecule has 0 saturated heterocycles. The topological polar surface area (TPSA) is 20.2 Å². The summed E-state index contributed by atoms with van der Waals surface area (Å²) < 4.78 is 0. The summed E-state index contributed by atoms with van der Waals surface area (Å²) in [6, 6.07) is 14.0. The minimum atomic E-state index is -0.423. The number of rotatable bonds is 12. The average Bonchev–Trinajstić information content (AvgIpc) is 2.88. The second kappa shape index (κ2) is 15.0. The van der Waals surface area contributed by atoms with Gasteiger partial charge in [0.25, 0.3) is 0 Å². The Hall–Kier alpha value is -1.19. The summed E-state index contributed by atoms with van der Waals surface area (Å²) in [7, 11) is 0. The Morgan fingerprint density at radius 2 is 1.26 bits per heavy atom. The van der Waals surface area contributed by atoms with Crippen LogP contribution in [0.25, 0.3) is 0 Å². The maximum absolute atomic E-state index is 10.9. The molecule has 2 rings (SSSR count). The predicted molar refractivity (Wildman–Crippen MR) is 175 cm³/mol. The van der Waals surface area contributed by atoms with Crippen molar-refractivity contribution in [2.45, 2.75) is 144 Å². The molecule has 0 aliphatic heterocycles. The Kier molecular flexibility index (Phi) is 13.7. The summed E-state index contributed by atoms with van der Waals surface area (Å²) >= 11 is 1.60. The van der Waals surface area contributed by atoms with E-state index in [4.69, 9.17) is 0 Å². The largest absolute Gasteiger partial charge is 0.441 e. The van der Waals surface area contributed by atoms with Gasteiger partial charge in [0.1, 0.15) is 0 Å². The second-order valence-corrected chi connectivity index (χ2v) is 14.1. The molecule has 0 heterocycles. The number of hydrogen-bond acceptors (Lipinski definition) is 2. The third-order valence-electron chi connectivity index (χ3n) is 9.63. The first-order chi connectivity index (χ1) is 17.6. The third-order valence-corrected chi connectivity index (χ3v) is 11.2. The first kappa shape index (κ1) is 34.8. The molecule has 0 radical (unpaired) electrons. The van der Waals surface area contributed by atoms with E-state index in [9.17, 15) is 5.02 Å². The molecule has 0 atom stereocenters. The molecule has 2 aromatic carbocycles. The SMILES string of the molecule is CCC(C)(C)CC.CCCc1ccc(C(CC)(CC)c2ccc(SB(O)C(C)(C)C(C)C)c(C)c2)cc1C. The van der Waals surface area contributed by atoms with Crippen LogP contribution < -0.4 is 0 Å². The maximum Gasteiger partial charge on any atom is 0.369 e. The molecular formula is C35H59BOS. The maximum atomic E-state index is 10.9. The summed E-state index contributed by atoms with van der Waals surface area (Å²) in [6.45, 7) is 29.1. The van der Waals surface area contributed by atoms with Crippen LogP contribution in [0, 0.1) is 25.2 Å². The normalized spacial score (nSPS) is 12.4. The van der Waals surface area contributed by atoms with Crippen LogP contribution in [-0.2, 0) is 11.8 Å². The molecule has 0 aromatic heterocycles. The van der Waals surface area contributed by atoms with Gasteiger partial charge in [-0.3, -0.25) is 0 Å². The fraction of sp³-hybridized carbons (Fsp3) is 0.657. The molecule has 0 bridgehead atoms. The Labute approximate surface area is 242 Å². The van der Waals surface area contributed by atoms with E-state index in [0.717, 1.165) is 19.3 Å². The minimum absolute atomic E-state index is 0.0271. The highest BCUT2D eigenvalue weighted by Crippen LogP contribution is 2.45. The van der Waals surface area contributed by atoms with Crippen molar-refractivity contribution < 1.29 is 5.02 Å². The summed E-state index contributed by atoms with van der Waals surface area (Å²) in [6.07, 6.45) is 6.65. The predicted octanol–water partition coefficient (Wildman–Crippen LogP) is 11.2. The van der Waals surface area contributed by atoms with Crippen LogP contribution in [0.4, 0.5) is 0 Å². The van der Waals surface area contributed by atoms with E-state index in [2.05, 4.69) is 126 Å². The van der Waals surface area contributed by atoms with Crippen molar-refractivity contribution >= 4 is 17.8 Å². The summed E-state index contributed by atoms with van der Waals surface area (Å²) in [5.41, 5.74) is 7.56. The Bertz CT molecular complexity index is 981. The van der Waals surface area contributed by atoms with E-state index in [1.165, 1.54) is 52.0 Å². The highest BCUT2D eigenvalue weighted by molar-refractivity contribution is 8.25. The van der Waals surface area contributed by atoms with E-state index in [1.54, 1.807) is 11.6 Å². The van der Waals surface area contributed by atoms with Crippen LogP contribution in [0.15, 0.2) is 41.3 Å². The van der Waals surface area contributed by atoms with Crippen molar-refractivity contribution in [1.29, 1.82) is 0 Å². The number of aryl methyl sites for hydroxylation is 3. The first-order valence-electron chi connectivity index (χ1n) is 15.2. The van der Waals surface area contributed by atoms with Crippen molar-refractivity contribution in [2.24, 2.45) is 11.3 Å². The standard InChI is InChI=1S/C28H43BOS.C7H16/c1-10-13-23-14-15-24(18-21(23)6)28(11-2,12-3)25-16-17-26(22(7)19-25)31-29(30)27(8,9)20(4)5;1-5-7(3,4)6-2/h14-20,30H,10-13H2,1-9H3;5-6H2,1-4H3. The van der Waals surface area contributed by atoms with Crippen LogP contribution >= 0.6 is 11.6 Å². The van der Waals surface area contributed by atoms with E-state index < -0.39 is 6.19 Å². The van der Waals surface area contributed by atoms with Crippen LogP contribution in [0.1, 0.15) is 136 Å². The summed E-state index contributed by atoms with van der Waals surface area (Å²) in [5, 5.41) is 10.8. The lowest BCUT2D eigenvalue weighted by Crippen LogP contribution is -2.29. The Morgan fingerprint density at radius 1 is 0.763 bits per heavy atom. The Morgan fingerprint density at radius 3 is 1.63 bits per heavy atom.